The molecule has 0 heterocycles. The quantitative estimate of drug-likeness (QED) is 0.0448. The minimum absolute atomic E-state index is 0.0575. The van der Waals surface area contributed by atoms with Gasteiger partial charge in [-0.1, -0.05) is 104 Å². The van der Waals surface area contributed by atoms with Crippen molar-refractivity contribution in [1.82, 2.24) is 0 Å². The van der Waals surface area contributed by atoms with E-state index in [9.17, 15) is 25.5 Å². The second kappa shape index (κ2) is 22.8. The third-order valence-corrected chi connectivity index (χ3v) is 14.5. The predicted octanol–water partition coefficient (Wildman–Crippen LogP) is 13.3. The number of aromatic hydroxyl groups is 3. The monoisotopic (exact) mass is 949 g/mol. The summed E-state index contributed by atoms with van der Waals surface area (Å²) in [5.41, 5.74) is 3.65. The molecule has 6 N–H and O–H groups in total. The molecule has 0 saturated carbocycles. The Morgan fingerprint density at radius 2 is 0.656 bits per heavy atom. The highest BCUT2D eigenvalue weighted by molar-refractivity contribution is 8.18. The highest BCUT2D eigenvalue weighted by atomic mass is 32.2. The molecule has 0 spiro atoms. The first-order valence-electron chi connectivity index (χ1n) is 22.4. The summed E-state index contributed by atoms with van der Waals surface area (Å²) < 4.78 is 9.46. The molecule has 0 aromatic heterocycles. The number of phenols is 3. The van der Waals surface area contributed by atoms with Crippen molar-refractivity contribution in [2.45, 2.75) is 208 Å². The average Bonchev–Trinajstić information content (AvgIpc) is 3.12. The maximum absolute atomic E-state index is 11.3. The number of hydrogen-bond acceptors (Lipinski definition) is 11. The fraction of sp³-hybridized carbons (Fsp3) is 0.660. The van der Waals surface area contributed by atoms with E-state index < -0.39 is 5.79 Å². The number of benzene rings is 3. The molecule has 0 saturated heterocycles. The van der Waals surface area contributed by atoms with Crippen LogP contribution in [0.5, 0.6) is 17.2 Å². The van der Waals surface area contributed by atoms with Gasteiger partial charge >= 0.3 is 0 Å². The molecule has 0 atom stereocenters. The van der Waals surface area contributed by atoms with Gasteiger partial charge in [0.25, 0.3) is 0 Å². The Morgan fingerprint density at radius 1 is 0.422 bits per heavy atom. The van der Waals surface area contributed by atoms with Crippen LogP contribution in [0.15, 0.2) is 51.1 Å². The van der Waals surface area contributed by atoms with E-state index in [1.165, 1.54) is 0 Å². The zero-order valence-corrected chi connectivity index (χ0v) is 46.0. The Bertz CT molecular complexity index is 1870. The second-order valence-corrected chi connectivity index (χ2v) is 27.0. The van der Waals surface area contributed by atoms with Crippen LogP contribution in [0.4, 0.5) is 0 Å². The van der Waals surface area contributed by atoms with Crippen LogP contribution in [0.25, 0.3) is 0 Å². The zero-order valence-electron chi connectivity index (χ0n) is 43.5. The van der Waals surface area contributed by atoms with E-state index in [4.69, 9.17) is 14.6 Å². The van der Waals surface area contributed by atoms with Gasteiger partial charge in [0.1, 0.15) is 17.2 Å². The Labute approximate surface area is 403 Å². The summed E-state index contributed by atoms with van der Waals surface area (Å²) in [7, 11) is 3.23. The van der Waals surface area contributed by atoms with Gasteiger partial charge in [-0.25, -0.2) is 0 Å². The summed E-state index contributed by atoms with van der Waals surface area (Å²) in [5, 5.41) is 61.6. The van der Waals surface area contributed by atoms with Gasteiger partial charge in [-0.2, -0.15) is 0 Å². The number of aliphatic hydroxyl groups excluding tert-OH is 3. The van der Waals surface area contributed by atoms with Gasteiger partial charge in [-0.05, 0) is 116 Å². The van der Waals surface area contributed by atoms with Gasteiger partial charge < -0.3 is 40.1 Å². The number of methoxy groups -OCH3 is 2. The standard InChI is InChI=1S/C33H52O4S2.C15H24O2S.C5H12O2/c1-29(2,3)23-17-21(19-25(27(23)36)31(7,8)13-15-34)38-33(11,12)39-22-18-24(30(4,5)6)28(37)26(20-22)32(9,10)14-16-35;1-14(2,3)11-8-10(18)9-12(13(11)17)15(4,5)6-7-16;1-5(2,6-3)7-4/h17-20,34-37H,13-16H2,1-12H3;8-9,16-18H,6-7H2,1-5H3;1-4H3. The van der Waals surface area contributed by atoms with E-state index in [1.807, 2.05) is 39.8 Å². The summed E-state index contributed by atoms with van der Waals surface area (Å²) in [4.78, 5) is 3.00. The number of ether oxygens (including phenoxy) is 2. The Balaban J connectivity index is 0.000000671. The molecule has 0 bridgehead atoms. The SMILES string of the molecule is CC(C)(C)c1cc(S)cc(C(C)(C)CCO)c1O.CC(C)(Sc1cc(C(C)(C)C)c(O)c(C(C)(C)CCO)c1)Sc1cc(C(C)(C)C)c(O)c(C(C)(C)CCO)c1.COC(C)(C)OC. The van der Waals surface area contributed by atoms with E-state index in [-0.39, 0.29) is 56.4 Å². The summed E-state index contributed by atoms with van der Waals surface area (Å²) in [6, 6.07) is 12.2. The number of phenolic OH excluding ortho intramolecular Hbond substituents is 3. The topological polar surface area (TPSA) is 140 Å². The number of rotatable bonds is 15. The van der Waals surface area contributed by atoms with Gasteiger partial charge in [0.15, 0.2) is 5.79 Å². The van der Waals surface area contributed by atoms with Gasteiger partial charge in [0.2, 0.25) is 0 Å². The second-order valence-electron chi connectivity index (χ2n) is 22.9. The third kappa shape index (κ3) is 17.2. The molecule has 3 aromatic carbocycles. The fourth-order valence-corrected chi connectivity index (χ4v) is 9.97. The first kappa shape index (κ1) is 59.9. The molecule has 64 heavy (non-hydrogen) atoms. The molecule has 11 heteroatoms. The lowest BCUT2D eigenvalue weighted by atomic mass is 9.77. The van der Waals surface area contributed by atoms with Gasteiger partial charge in [0, 0.05) is 82.1 Å². The molecule has 8 nitrogen and oxygen atoms in total. The van der Waals surface area contributed by atoms with Crippen LogP contribution < -0.4 is 0 Å². The van der Waals surface area contributed by atoms with E-state index >= 15 is 0 Å². The van der Waals surface area contributed by atoms with E-state index in [0.29, 0.717) is 36.5 Å². The maximum atomic E-state index is 11.3. The molecule has 0 unspecified atom stereocenters. The number of thioether (sulfide) groups is 2. The number of thiol groups is 1. The lowest BCUT2D eigenvalue weighted by Gasteiger charge is -2.33. The van der Waals surface area contributed by atoms with Crippen LogP contribution in [0.3, 0.4) is 0 Å². The van der Waals surface area contributed by atoms with Crippen LogP contribution in [0, 0.1) is 0 Å². The highest BCUT2D eigenvalue weighted by Gasteiger charge is 2.34. The molecular weight excluding hydrogens is 861 g/mol. The first-order chi connectivity index (χ1) is 28.8. The molecule has 3 aromatic rings. The Morgan fingerprint density at radius 3 is 0.891 bits per heavy atom. The Kier molecular flexibility index (Phi) is 21.4. The maximum Gasteiger partial charge on any atom is 0.161 e. The van der Waals surface area contributed by atoms with E-state index in [1.54, 1.807) is 37.7 Å². The predicted molar refractivity (Wildman–Crippen MR) is 276 cm³/mol. The third-order valence-electron chi connectivity index (χ3n) is 11.8. The van der Waals surface area contributed by atoms with Crippen molar-refractivity contribution in [3.05, 3.63) is 69.8 Å². The summed E-state index contributed by atoms with van der Waals surface area (Å²) in [6.45, 7) is 39.5. The lowest BCUT2D eigenvalue weighted by molar-refractivity contribution is -0.178. The van der Waals surface area contributed by atoms with Crippen LogP contribution >= 0.6 is 36.2 Å². The van der Waals surface area contributed by atoms with Crippen molar-refractivity contribution in [1.29, 1.82) is 0 Å². The Hall–Kier alpha value is -2.09. The molecule has 0 aliphatic carbocycles. The molecule has 3 rings (SSSR count). The van der Waals surface area contributed by atoms with Crippen molar-refractivity contribution in [3.8, 4) is 17.2 Å². The van der Waals surface area contributed by atoms with Crippen molar-refractivity contribution in [3.63, 3.8) is 0 Å². The van der Waals surface area contributed by atoms with Gasteiger partial charge in [-0.3, -0.25) is 0 Å². The molecule has 0 aliphatic heterocycles. The normalized spacial score (nSPS) is 13.3. The molecule has 0 fully saturated rings. The molecule has 0 amide bonds. The lowest BCUT2D eigenvalue weighted by Crippen LogP contribution is -2.24. The van der Waals surface area contributed by atoms with Crippen molar-refractivity contribution in [2.24, 2.45) is 0 Å². The number of hydrogen-bond donors (Lipinski definition) is 7. The zero-order chi connectivity index (χ0) is 50.2. The highest BCUT2D eigenvalue weighted by Crippen LogP contribution is 2.51. The molecule has 366 valence electrons. The van der Waals surface area contributed by atoms with Crippen LogP contribution in [0.1, 0.15) is 184 Å². The van der Waals surface area contributed by atoms with E-state index in [0.717, 1.165) is 48.1 Å². The van der Waals surface area contributed by atoms with Gasteiger partial charge in [-0.15, -0.1) is 36.2 Å². The molecule has 0 aliphatic rings. The van der Waals surface area contributed by atoms with Crippen LogP contribution in [-0.2, 0) is 42.0 Å². The fourth-order valence-electron chi connectivity index (χ4n) is 7.13. The van der Waals surface area contributed by atoms with Crippen LogP contribution in [-0.4, -0.2) is 74.5 Å². The summed E-state index contributed by atoms with van der Waals surface area (Å²) >= 11 is 7.94. The number of aliphatic hydroxyl groups is 3. The van der Waals surface area contributed by atoms with Crippen molar-refractivity contribution in [2.75, 3.05) is 34.0 Å². The van der Waals surface area contributed by atoms with Crippen molar-refractivity contribution < 1.29 is 40.1 Å². The van der Waals surface area contributed by atoms with Crippen LogP contribution in [0.2, 0.25) is 0 Å². The smallest absolute Gasteiger partial charge is 0.161 e. The largest absolute Gasteiger partial charge is 0.507 e. The van der Waals surface area contributed by atoms with Gasteiger partial charge in [0.05, 0.1) is 4.08 Å². The van der Waals surface area contributed by atoms with Crippen molar-refractivity contribution >= 4 is 36.2 Å². The minimum Gasteiger partial charge on any atom is -0.507 e. The molecular formula is C53H88O8S3. The minimum atomic E-state index is -0.417. The average molecular weight is 949 g/mol. The molecule has 0 radical (unpaired) electrons. The summed E-state index contributed by atoms with van der Waals surface area (Å²) in [6.07, 6.45) is 1.74. The van der Waals surface area contributed by atoms with E-state index in [2.05, 4.69) is 141 Å². The summed E-state index contributed by atoms with van der Waals surface area (Å²) in [5.74, 6) is 0.554. The first-order valence-corrected chi connectivity index (χ1v) is 24.5.